The predicted molar refractivity (Wildman–Crippen MR) is 229 cm³/mol. The van der Waals surface area contributed by atoms with Crippen LogP contribution in [0.25, 0.3) is 83.9 Å². The van der Waals surface area contributed by atoms with E-state index in [0.29, 0.717) is 17.5 Å². The molecule has 56 heavy (non-hydrogen) atoms. The van der Waals surface area contributed by atoms with Crippen LogP contribution in [0, 0.1) is 0 Å². The van der Waals surface area contributed by atoms with Gasteiger partial charge in [0.1, 0.15) is 0 Å². The molecule has 10 aromatic rings. The average molecular weight is 715 g/mol. The fourth-order valence-electron chi connectivity index (χ4n) is 8.62. The first-order valence-corrected chi connectivity index (χ1v) is 19.1. The molecule has 11 rings (SSSR count). The van der Waals surface area contributed by atoms with Crippen LogP contribution < -0.4 is 0 Å². The van der Waals surface area contributed by atoms with E-state index in [1.807, 2.05) is 60.7 Å². The van der Waals surface area contributed by atoms with Gasteiger partial charge in [0.25, 0.3) is 0 Å². The quantitative estimate of drug-likeness (QED) is 0.172. The molecule has 1 aliphatic rings. The zero-order chi connectivity index (χ0) is 37.0. The van der Waals surface area contributed by atoms with E-state index in [-0.39, 0.29) is 5.92 Å². The van der Waals surface area contributed by atoms with Gasteiger partial charge in [0.15, 0.2) is 17.5 Å². The third-order valence-electron chi connectivity index (χ3n) is 11.1. The van der Waals surface area contributed by atoms with Crippen molar-refractivity contribution in [2.45, 2.75) is 5.92 Å². The highest BCUT2D eigenvalue weighted by atomic mass is 15.0. The van der Waals surface area contributed by atoms with Gasteiger partial charge in [0.05, 0.1) is 11.0 Å². The molecule has 0 saturated heterocycles. The molecule has 1 atom stereocenters. The summed E-state index contributed by atoms with van der Waals surface area (Å²) in [7, 11) is 0. The summed E-state index contributed by atoms with van der Waals surface area (Å²) in [5, 5.41) is 2.51. The Morgan fingerprint density at radius 3 is 1.66 bits per heavy atom. The number of nitrogens with zero attached hydrogens (tertiary/aromatic N) is 4. The number of rotatable bonds is 6. The first-order chi connectivity index (χ1) is 27.8. The van der Waals surface area contributed by atoms with Crippen LogP contribution in [0.15, 0.2) is 200 Å². The minimum atomic E-state index is 0.0609. The van der Waals surface area contributed by atoms with Crippen molar-refractivity contribution in [1.82, 2.24) is 19.5 Å². The van der Waals surface area contributed by atoms with Crippen LogP contribution in [0.1, 0.15) is 22.6 Å². The molecule has 0 aliphatic heterocycles. The summed E-state index contributed by atoms with van der Waals surface area (Å²) in [5.41, 5.74) is 15.2. The van der Waals surface area contributed by atoms with Gasteiger partial charge in [-0.2, -0.15) is 0 Å². The molecule has 0 radical (unpaired) electrons. The maximum Gasteiger partial charge on any atom is 0.164 e. The number of fused-ring (bicyclic) bond motifs is 6. The zero-order valence-corrected chi connectivity index (χ0v) is 30.4. The van der Waals surface area contributed by atoms with Crippen molar-refractivity contribution in [2.24, 2.45) is 0 Å². The first kappa shape index (κ1) is 32.0. The molecule has 0 spiro atoms. The summed E-state index contributed by atoms with van der Waals surface area (Å²) in [5.74, 6) is 2.03. The SMILES string of the molecule is c1ccc(-c2nc(-c3ccccc3)nc(-c3cccc(C4c5ccccc5-c5cc(-c6cccc7c8ccccc8n(-c8ccccc8)c67)ccc54)c3)n2)cc1. The van der Waals surface area contributed by atoms with Crippen LogP contribution in [0.3, 0.4) is 0 Å². The van der Waals surface area contributed by atoms with Gasteiger partial charge in [0.2, 0.25) is 0 Å². The standard InChI is InChI=1S/C52H34N4/c1-4-16-34(17-5-1)50-53-51(35-18-6-2-7-19-35)55-52(54-50)38-21-14-20-37(32-38)48-43-26-11-10-24-41(43)46-33-36(30-31-44(46)48)40-27-15-28-45-42-25-12-13-29-47(42)56(49(40)45)39-22-8-3-9-23-39/h1-33,48H. The van der Waals surface area contributed by atoms with Crippen LogP contribution in [-0.2, 0) is 0 Å². The average Bonchev–Trinajstić information content (AvgIpc) is 3.80. The van der Waals surface area contributed by atoms with Gasteiger partial charge in [-0.15, -0.1) is 0 Å². The van der Waals surface area contributed by atoms with Crippen molar-refractivity contribution >= 4 is 21.8 Å². The summed E-state index contributed by atoms with van der Waals surface area (Å²) < 4.78 is 2.42. The van der Waals surface area contributed by atoms with Crippen molar-refractivity contribution in [2.75, 3.05) is 0 Å². The van der Waals surface area contributed by atoms with Gasteiger partial charge in [-0.3, -0.25) is 0 Å². The second-order valence-corrected chi connectivity index (χ2v) is 14.4. The minimum Gasteiger partial charge on any atom is -0.309 e. The van der Waals surface area contributed by atoms with Crippen LogP contribution in [0.5, 0.6) is 0 Å². The second kappa shape index (κ2) is 13.2. The normalized spacial score (nSPS) is 13.2. The molecule has 262 valence electrons. The van der Waals surface area contributed by atoms with Crippen LogP contribution in [-0.4, -0.2) is 19.5 Å². The molecule has 1 aliphatic carbocycles. The summed E-state index contributed by atoms with van der Waals surface area (Å²) in [6, 6.07) is 71.1. The third-order valence-corrected chi connectivity index (χ3v) is 11.1. The fraction of sp³-hybridized carbons (Fsp3) is 0.0192. The second-order valence-electron chi connectivity index (χ2n) is 14.4. The largest absolute Gasteiger partial charge is 0.309 e. The summed E-state index contributed by atoms with van der Waals surface area (Å²) in [6.45, 7) is 0. The Hall–Kier alpha value is -7.43. The molecule has 0 amide bonds. The number of hydrogen-bond acceptors (Lipinski definition) is 3. The number of hydrogen-bond donors (Lipinski definition) is 0. The van der Waals surface area contributed by atoms with E-state index in [2.05, 4.69) is 144 Å². The molecule has 0 fully saturated rings. The monoisotopic (exact) mass is 714 g/mol. The van der Waals surface area contributed by atoms with E-state index in [4.69, 9.17) is 15.0 Å². The lowest BCUT2D eigenvalue weighted by molar-refractivity contribution is 1.01. The van der Waals surface area contributed by atoms with Gasteiger partial charge in [0, 0.05) is 44.6 Å². The van der Waals surface area contributed by atoms with Gasteiger partial charge in [-0.25, -0.2) is 15.0 Å². The Balaban J connectivity index is 1.05. The Morgan fingerprint density at radius 1 is 0.357 bits per heavy atom. The summed E-state index contributed by atoms with van der Waals surface area (Å²) in [4.78, 5) is 15.0. The minimum absolute atomic E-state index is 0.0609. The smallest absolute Gasteiger partial charge is 0.164 e. The van der Waals surface area contributed by atoms with E-state index >= 15 is 0 Å². The molecule has 0 saturated carbocycles. The van der Waals surface area contributed by atoms with Crippen LogP contribution >= 0.6 is 0 Å². The zero-order valence-electron chi connectivity index (χ0n) is 30.4. The maximum absolute atomic E-state index is 5.05. The van der Waals surface area contributed by atoms with Gasteiger partial charge in [-0.1, -0.05) is 170 Å². The van der Waals surface area contributed by atoms with E-state index in [9.17, 15) is 0 Å². The molecule has 4 heteroatoms. The van der Waals surface area contributed by atoms with Gasteiger partial charge >= 0.3 is 0 Å². The van der Waals surface area contributed by atoms with Crippen molar-refractivity contribution in [1.29, 1.82) is 0 Å². The lowest BCUT2D eigenvalue weighted by Gasteiger charge is -2.16. The lowest BCUT2D eigenvalue weighted by atomic mass is 9.88. The van der Waals surface area contributed by atoms with Crippen LogP contribution in [0.2, 0.25) is 0 Å². The highest BCUT2D eigenvalue weighted by Gasteiger charge is 2.31. The molecule has 4 nitrogen and oxygen atoms in total. The van der Waals surface area contributed by atoms with Crippen molar-refractivity contribution in [3.8, 4) is 62.1 Å². The Morgan fingerprint density at radius 2 is 0.911 bits per heavy atom. The summed E-state index contributed by atoms with van der Waals surface area (Å²) in [6.07, 6.45) is 0. The molecule has 8 aromatic carbocycles. The highest BCUT2D eigenvalue weighted by Crippen LogP contribution is 2.50. The number of benzene rings is 8. The van der Waals surface area contributed by atoms with Gasteiger partial charge < -0.3 is 4.57 Å². The topological polar surface area (TPSA) is 43.6 Å². The predicted octanol–water partition coefficient (Wildman–Crippen LogP) is 12.8. The Kier molecular flexibility index (Phi) is 7.52. The maximum atomic E-state index is 5.05. The van der Waals surface area contributed by atoms with E-state index in [1.165, 1.54) is 60.8 Å². The van der Waals surface area contributed by atoms with E-state index in [1.54, 1.807) is 0 Å². The molecule has 0 N–H and O–H groups in total. The third kappa shape index (κ3) is 5.26. The molecular weight excluding hydrogens is 681 g/mol. The first-order valence-electron chi connectivity index (χ1n) is 19.1. The Bertz CT molecular complexity index is 3020. The van der Waals surface area contributed by atoms with Gasteiger partial charge in [-0.05, 0) is 63.7 Å². The molecule has 0 bridgehead atoms. The number of aromatic nitrogens is 4. The lowest BCUT2D eigenvalue weighted by Crippen LogP contribution is -2.02. The van der Waals surface area contributed by atoms with Crippen molar-refractivity contribution in [3.05, 3.63) is 217 Å². The fourth-order valence-corrected chi connectivity index (χ4v) is 8.62. The van der Waals surface area contributed by atoms with E-state index < -0.39 is 0 Å². The van der Waals surface area contributed by atoms with E-state index in [0.717, 1.165) is 22.4 Å². The highest BCUT2D eigenvalue weighted by molar-refractivity contribution is 6.14. The molecular formula is C52H34N4. The molecule has 2 aromatic heterocycles. The molecule has 2 heterocycles. The number of para-hydroxylation sites is 3. The van der Waals surface area contributed by atoms with Crippen molar-refractivity contribution in [3.63, 3.8) is 0 Å². The molecule has 1 unspecified atom stereocenters. The Labute approximate surface area is 325 Å². The van der Waals surface area contributed by atoms with Crippen LogP contribution in [0.4, 0.5) is 0 Å². The van der Waals surface area contributed by atoms with Crippen molar-refractivity contribution < 1.29 is 0 Å². The summed E-state index contributed by atoms with van der Waals surface area (Å²) >= 11 is 0.